The number of thiophene rings is 1. The molecule has 3 rings (SSSR count). The molecule has 11 heteroatoms. The van der Waals surface area contributed by atoms with Gasteiger partial charge in [-0.2, -0.15) is 0 Å². The maximum absolute atomic E-state index is 12.5. The number of nitrogens with zero attached hydrogens (tertiary/aromatic N) is 1. The van der Waals surface area contributed by atoms with Crippen LogP contribution in [0.4, 0.5) is 24.5 Å². The van der Waals surface area contributed by atoms with Gasteiger partial charge in [-0.15, -0.1) is 24.5 Å². The minimum atomic E-state index is -4.78. The molecule has 0 aliphatic heterocycles. The third-order valence-corrected chi connectivity index (χ3v) is 4.69. The second kappa shape index (κ2) is 8.82. The number of rotatable bonds is 7. The molecule has 3 aromatic rings. The van der Waals surface area contributed by atoms with Crippen LogP contribution in [0.5, 0.6) is 5.75 Å². The lowest BCUT2D eigenvalue weighted by molar-refractivity contribution is -0.274. The van der Waals surface area contributed by atoms with Crippen molar-refractivity contribution in [2.45, 2.75) is 12.9 Å². The Labute approximate surface area is 172 Å². The molecule has 0 bridgehead atoms. The Hall–Kier alpha value is -3.60. The van der Waals surface area contributed by atoms with Crippen LogP contribution >= 0.6 is 11.3 Å². The quantitative estimate of drug-likeness (QED) is 0.519. The van der Waals surface area contributed by atoms with E-state index in [0.717, 1.165) is 17.7 Å². The van der Waals surface area contributed by atoms with Crippen LogP contribution in [0.25, 0.3) is 0 Å². The highest BCUT2D eigenvalue weighted by Crippen LogP contribution is 2.26. The van der Waals surface area contributed by atoms with Gasteiger partial charge in [0.1, 0.15) is 16.3 Å². The van der Waals surface area contributed by atoms with Gasteiger partial charge in [-0.3, -0.25) is 14.6 Å². The molecule has 1 aromatic carbocycles. The van der Waals surface area contributed by atoms with Crippen LogP contribution in [-0.2, 0) is 6.54 Å². The molecule has 2 aromatic heterocycles. The van der Waals surface area contributed by atoms with Crippen molar-refractivity contribution in [1.29, 1.82) is 0 Å². The van der Waals surface area contributed by atoms with E-state index < -0.39 is 18.2 Å². The highest BCUT2D eigenvalue weighted by Gasteiger charge is 2.31. The Kier molecular flexibility index (Phi) is 6.21. The maximum atomic E-state index is 12.5. The Balaban J connectivity index is 1.64. The van der Waals surface area contributed by atoms with E-state index in [1.807, 2.05) is 0 Å². The van der Waals surface area contributed by atoms with E-state index in [1.165, 1.54) is 29.7 Å². The monoisotopic (exact) mass is 436 g/mol. The van der Waals surface area contributed by atoms with E-state index in [1.54, 1.807) is 23.6 Å². The maximum Gasteiger partial charge on any atom is 0.573 e. The van der Waals surface area contributed by atoms with Gasteiger partial charge >= 0.3 is 6.36 Å². The highest BCUT2D eigenvalue weighted by atomic mass is 32.1. The van der Waals surface area contributed by atoms with Gasteiger partial charge in [0.2, 0.25) is 0 Å². The van der Waals surface area contributed by atoms with E-state index >= 15 is 0 Å². The van der Waals surface area contributed by atoms with Crippen LogP contribution in [0.15, 0.2) is 54.0 Å². The number of hydrogen-bond acceptors (Lipinski definition) is 6. The molecule has 0 atom stereocenters. The van der Waals surface area contributed by atoms with Crippen molar-refractivity contribution < 1.29 is 27.5 Å². The molecular weight excluding hydrogens is 421 g/mol. The zero-order valence-electron chi connectivity index (χ0n) is 15.2. The van der Waals surface area contributed by atoms with E-state index in [4.69, 9.17) is 5.73 Å². The molecule has 156 valence electrons. The summed E-state index contributed by atoms with van der Waals surface area (Å²) in [5.74, 6) is -1.45. The number of carbonyl (C=O) groups is 2. The summed E-state index contributed by atoms with van der Waals surface area (Å²) in [7, 11) is 0. The van der Waals surface area contributed by atoms with E-state index in [0.29, 0.717) is 22.8 Å². The fraction of sp³-hybridized carbons (Fsp3) is 0.105. The third kappa shape index (κ3) is 5.70. The molecule has 0 aliphatic carbocycles. The van der Waals surface area contributed by atoms with Crippen LogP contribution in [-0.4, -0.2) is 23.2 Å². The number of halogens is 3. The van der Waals surface area contributed by atoms with Gasteiger partial charge in [0, 0.05) is 18.4 Å². The van der Waals surface area contributed by atoms with Crippen molar-refractivity contribution in [3.8, 4) is 5.75 Å². The standard InChI is InChI=1S/C19H15F3N4O3S/c20-19(21,22)29-13-3-1-12(2-4-13)26-18(28)16-14(6-8-30-16)25-10-11-5-7-24-15(9-11)17(23)27/h1-9,25H,10H2,(H2,23,27)(H,26,28). The van der Waals surface area contributed by atoms with E-state index in [9.17, 15) is 22.8 Å². The number of aromatic nitrogens is 1. The molecule has 2 heterocycles. The predicted molar refractivity (Wildman–Crippen MR) is 105 cm³/mol. The Morgan fingerprint density at radius 3 is 2.53 bits per heavy atom. The van der Waals surface area contributed by atoms with Gasteiger partial charge in [0.25, 0.3) is 11.8 Å². The number of amides is 2. The van der Waals surface area contributed by atoms with Crippen molar-refractivity contribution >= 4 is 34.5 Å². The Morgan fingerprint density at radius 1 is 1.13 bits per heavy atom. The lowest BCUT2D eigenvalue weighted by Gasteiger charge is -2.11. The fourth-order valence-corrected chi connectivity index (χ4v) is 3.23. The molecule has 0 spiro atoms. The normalized spacial score (nSPS) is 11.0. The molecule has 0 radical (unpaired) electrons. The molecule has 0 fully saturated rings. The van der Waals surface area contributed by atoms with Gasteiger partial charge in [-0.25, -0.2) is 0 Å². The topological polar surface area (TPSA) is 106 Å². The third-order valence-electron chi connectivity index (χ3n) is 3.78. The van der Waals surface area contributed by atoms with Crippen LogP contribution in [0.3, 0.4) is 0 Å². The fourth-order valence-electron chi connectivity index (χ4n) is 2.47. The van der Waals surface area contributed by atoms with Gasteiger partial charge in [-0.1, -0.05) is 0 Å². The summed E-state index contributed by atoms with van der Waals surface area (Å²) in [5, 5.41) is 7.44. The number of ether oxygens (including phenoxy) is 1. The molecule has 0 saturated heterocycles. The molecule has 0 unspecified atom stereocenters. The van der Waals surface area contributed by atoms with Crippen molar-refractivity contribution in [1.82, 2.24) is 4.98 Å². The number of anilines is 2. The van der Waals surface area contributed by atoms with Crippen molar-refractivity contribution in [2.75, 3.05) is 10.6 Å². The first-order valence-corrected chi connectivity index (χ1v) is 9.32. The lowest BCUT2D eigenvalue weighted by atomic mass is 10.2. The summed E-state index contributed by atoms with van der Waals surface area (Å²) in [6.07, 6.45) is -3.32. The van der Waals surface area contributed by atoms with Crippen molar-refractivity contribution in [3.63, 3.8) is 0 Å². The van der Waals surface area contributed by atoms with Crippen molar-refractivity contribution in [2.24, 2.45) is 5.73 Å². The number of nitrogens with two attached hydrogens (primary N) is 1. The van der Waals surface area contributed by atoms with E-state index in [-0.39, 0.29) is 11.4 Å². The van der Waals surface area contributed by atoms with Gasteiger partial charge in [0.05, 0.1) is 5.69 Å². The first-order chi connectivity index (χ1) is 14.2. The Morgan fingerprint density at radius 2 is 1.87 bits per heavy atom. The van der Waals surface area contributed by atoms with Crippen LogP contribution in [0, 0.1) is 0 Å². The second-order valence-electron chi connectivity index (χ2n) is 5.96. The highest BCUT2D eigenvalue weighted by molar-refractivity contribution is 7.12. The summed E-state index contributed by atoms with van der Waals surface area (Å²) in [5.41, 5.74) is 6.97. The van der Waals surface area contributed by atoms with Gasteiger partial charge in [0.15, 0.2) is 0 Å². The average Bonchev–Trinajstić information content (AvgIpc) is 3.16. The zero-order chi connectivity index (χ0) is 21.7. The number of nitrogens with one attached hydrogen (secondary N) is 2. The summed E-state index contributed by atoms with van der Waals surface area (Å²) >= 11 is 1.20. The van der Waals surface area contributed by atoms with E-state index in [2.05, 4.69) is 20.4 Å². The summed E-state index contributed by atoms with van der Waals surface area (Å²) in [4.78, 5) is 28.0. The van der Waals surface area contributed by atoms with Gasteiger partial charge in [-0.05, 0) is 53.4 Å². The summed E-state index contributed by atoms with van der Waals surface area (Å²) < 4.78 is 40.4. The SMILES string of the molecule is NC(=O)c1cc(CNc2ccsc2C(=O)Nc2ccc(OC(F)(F)F)cc2)ccn1. The number of carbonyl (C=O) groups excluding carboxylic acids is 2. The minimum Gasteiger partial charge on any atom is -0.406 e. The van der Waals surface area contributed by atoms with Crippen molar-refractivity contribution in [3.05, 3.63) is 70.2 Å². The zero-order valence-corrected chi connectivity index (χ0v) is 16.0. The molecule has 30 heavy (non-hydrogen) atoms. The molecule has 4 N–H and O–H groups in total. The smallest absolute Gasteiger partial charge is 0.406 e. The first kappa shape index (κ1) is 21.1. The molecular formula is C19H15F3N4O3S. The first-order valence-electron chi connectivity index (χ1n) is 8.44. The molecule has 0 aliphatic rings. The molecule has 0 saturated carbocycles. The number of alkyl halides is 3. The number of pyridine rings is 1. The minimum absolute atomic E-state index is 0.135. The van der Waals surface area contributed by atoms with Gasteiger partial charge < -0.3 is 21.1 Å². The number of hydrogen-bond donors (Lipinski definition) is 3. The molecule has 2 amide bonds. The predicted octanol–water partition coefficient (Wildman–Crippen LogP) is 4.01. The van der Waals surface area contributed by atoms with Crippen LogP contribution < -0.4 is 21.1 Å². The summed E-state index contributed by atoms with van der Waals surface area (Å²) in [6, 6.07) is 9.80. The largest absolute Gasteiger partial charge is 0.573 e. The lowest BCUT2D eigenvalue weighted by Crippen LogP contribution is -2.17. The number of benzene rings is 1. The van der Waals surface area contributed by atoms with Crippen LogP contribution in [0.2, 0.25) is 0 Å². The molecule has 7 nitrogen and oxygen atoms in total. The summed E-state index contributed by atoms with van der Waals surface area (Å²) in [6.45, 7) is 0.323. The second-order valence-corrected chi connectivity index (χ2v) is 6.87. The number of primary amides is 1. The average molecular weight is 436 g/mol. The Bertz CT molecular complexity index is 1050. The van der Waals surface area contributed by atoms with Crippen LogP contribution in [0.1, 0.15) is 25.7 Å².